The van der Waals surface area contributed by atoms with Crippen LogP contribution in [-0.2, 0) is 6.54 Å². The van der Waals surface area contributed by atoms with E-state index in [0.29, 0.717) is 6.54 Å². The Morgan fingerprint density at radius 3 is 2.33 bits per heavy atom. The lowest BCUT2D eigenvalue weighted by molar-refractivity contribution is 0.0966. The number of benzene rings is 1. The van der Waals surface area contributed by atoms with Crippen molar-refractivity contribution in [2.75, 3.05) is 0 Å². The molecule has 0 saturated carbocycles. The third-order valence-corrected chi connectivity index (χ3v) is 3.92. The summed E-state index contributed by atoms with van der Waals surface area (Å²) >= 11 is 2.23. The van der Waals surface area contributed by atoms with E-state index in [0.717, 1.165) is 26.1 Å². The van der Waals surface area contributed by atoms with Gasteiger partial charge in [-0.05, 0) is 61.1 Å². The van der Waals surface area contributed by atoms with E-state index in [1.807, 2.05) is 45.0 Å². The number of ketones is 1. The van der Waals surface area contributed by atoms with Crippen molar-refractivity contribution in [3.05, 3.63) is 50.4 Å². The molecule has 0 aliphatic rings. The van der Waals surface area contributed by atoms with Crippen LogP contribution < -0.4 is 0 Å². The van der Waals surface area contributed by atoms with E-state index in [1.54, 1.807) is 4.68 Å². The van der Waals surface area contributed by atoms with Crippen molar-refractivity contribution in [3.63, 3.8) is 0 Å². The molecular formula is C14H15IN2O. The van der Waals surface area contributed by atoms with Crippen LogP contribution in [-0.4, -0.2) is 15.6 Å². The first-order valence-electron chi connectivity index (χ1n) is 5.78. The Morgan fingerprint density at radius 1 is 1.22 bits per heavy atom. The number of rotatable bonds is 3. The average Bonchev–Trinajstić information content (AvgIpc) is 2.58. The zero-order valence-corrected chi connectivity index (χ0v) is 12.9. The predicted molar refractivity (Wildman–Crippen MR) is 79.9 cm³/mol. The van der Waals surface area contributed by atoms with Crippen LogP contribution in [0.15, 0.2) is 24.3 Å². The van der Waals surface area contributed by atoms with Crippen molar-refractivity contribution in [3.8, 4) is 0 Å². The summed E-state index contributed by atoms with van der Waals surface area (Å²) < 4.78 is 2.91. The number of aryl methyl sites for hydroxylation is 1. The molecule has 0 aliphatic carbocycles. The first kappa shape index (κ1) is 13.3. The highest BCUT2D eigenvalue weighted by Gasteiger charge is 2.12. The molecule has 0 atom stereocenters. The molecule has 2 aromatic rings. The summed E-state index contributed by atoms with van der Waals surface area (Å²) in [6.45, 7) is 6.30. The molecule has 3 nitrogen and oxygen atoms in total. The van der Waals surface area contributed by atoms with Gasteiger partial charge < -0.3 is 0 Å². The normalized spacial score (nSPS) is 10.7. The molecular weight excluding hydrogens is 339 g/mol. The Kier molecular flexibility index (Phi) is 3.85. The first-order valence-corrected chi connectivity index (χ1v) is 6.86. The fraction of sp³-hybridized carbons (Fsp3) is 0.286. The second kappa shape index (κ2) is 5.22. The van der Waals surface area contributed by atoms with Crippen LogP contribution in [0, 0.1) is 24.3 Å². The van der Waals surface area contributed by atoms with Crippen LogP contribution in [0.3, 0.4) is 0 Å². The van der Waals surface area contributed by atoms with Gasteiger partial charge in [-0.3, -0.25) is 9.48 Å². The number of halogens is 1. The highest BCUT2D eigenvalue weighted by atomic mass is 127. The molecule has 0 bridgehead atoms. The van der Waals surface area contributed by atoms with Gasteiger partial charge in [0.1, 0.15) is 6.54 Å². The summed E-state index contributed by atoms with van der Waals surface area (Å²) in [5.41, 5.74) is 3.94. The number of carbonyl (C=O) groups excluding carboxylic acids is 1. The third-order valence-electron chi connectivity index (χ3n) is 3.20. The smallest absolute Gasteiger partial charge is 0.184 e. The van der Waals surface area contributed by atoms with Crippen LogP contribution in [0.5, 0.6) is 0 Å². The van der Waals surface area contributed by atoms with Gasteiger partial charge in [0.15, 0.2) is 5.78 Å². The molecule has 1 heterocycles. The molecule has 0 spiro atoms. The Bertz CT molecular complexity index is 585. The van der Waals surface area contributed by atoms with Gasteiger partial charge in [-0.2, -0.15) is 5.10 Å². The van der Waals surface area contributed by atoms with Crippen molar-refractivity contribution in [1.29, 1.82) is 0 Å². The van der Waals surface area contributed by atoms with Gasteiger partial charge >= 0.3 is 0 Å². The Balaban J connectivity index is 2.21. The van der Waals surface area contributed by atoms with Gasteiger partial charge in [-0.1, -0.05) is 12.1 Å². The van der Waals surface area contributed by atoms with Crippen molar-refractivity contribution in [2.45, 2.75) is 27.3 Å². The van der Waals surface area contributed by atoms with E-state index in [-0.39, 0.29) is 5.78 Å². The Labute approximate surface area is 120 Å². The maximum Gasteiger partial charge on any atom is 0.184 e. The zero-order chi connectivity index (χ0) is 13.3. The minimum absolute atomic E-state index is 0.0944. The zero-order valence-electron chi connectivity index (χ0n) is 10.7. The SMILES string of the molecule is Cc1nn(CC(=O)c2ccc(I)cc2)c(C)c1C. The van der Waals surface area contributed by atoms with Crippen LogP contribution in [0.25, 0.3) is 0 Å². The number of carbonyl (C=O) groups is 1. The van der Waals surface area contributed by atoms with Gasteiger partial charge in [0.05, 0.1) is 5.69 Å². The molecule has 4 heteroatoms. The number of Topliss-reactive ketones (excluding diaryl/α,β-unsaturated/α-hetero) is 1. The van der Waals surface area contributed by atoms with Crippen molar-refractivity contribution < 1.29 is 4.79 Å². The molecule has 1 aromatic carbocycles. The fourth-order valence-corrected chi connectivity index (χ4v) is 2.16. The molecule has 0 unspecified atom stereocenters. The summed E-state index contributed by atoms with van der Waals surface area (Å²) in [6.07, 6.45) is 0. The lowest BCUT2D eigenvalue weighted by Gasteiger charge is -2.04. The van der Waals surface area contributed by atoms with E-state index in [2.05, 4.69) is 27.7 Å². The highest BCUT2D eigenvalue weighted by Crippen LogP contribution is 2.13. The predicted octanol–water partition coefficient (Wildman–Crippen LogP) is 3.30. The van der Waals surface area contributed by atoms with E-state index >= 15 is 0 Å². The number of nitrogens with zero attached hydrogens (tertiary/aromatic N) is 2. The number of aromatic nitrogens is 2. The van der Waals surface area contributed by atoms with E-state index in [4.69, 9.17) is 0 Å². The number of hydrogen-bond donors (Lipinski definition) is 0. The molecule has 0 aliphatic heterocycles. The largest absolute Gasteiger partial charge is 0.292 e. The maximum absolute atomic E-state index is 12.1. The van der Waals surface area contributed by atoms with E-state index in [1.165, 1.54) is 0 Å². The van der Waals surface area contributed by atoms with Gasteiger partial charge in [-0.25, -0.2) is 0 Å². The fourth-order valence-electron chi connectivity index (χ4n) is 1.80. The molecule has 1 aromatic heterocycles. The van der Waals surface area contributed by atoms with Crippen molar-refractivity contribution >= 4 is 28.4 Å². The Hall–Kier alpha value is -1.17. The van der Waals surface area contributed by atoms with Crippen molar-refractivity contribution in [2.24, 2.45) is 0 Å². The summed E-state index contributed by atoms with van der Waals surface area (Å²) in [7, 11) is 0. The van der Waals surface area contributed by atoms with Crippen LogP contribution >= 0.6 is 22.6 Å². The van der Waals surface area contributed by atoms with Crippen LogP contribution in [0.2, 0.25) is 0 Å². The van der Waals surface area contributed by atoms with Gasteiger partial charge in [-0.15, -0.1) is 0 Å². The second-order valence-corrected chi connectivity index (χ2v) is 5.63. The minimum atomic E-state index is 0.0944. The summed E-state index contributed by atoms with van der Waals surface area (Å²) in [6, 6.07) is 7.62. The monoisotopic (exact) mass is 354 g/mol. The third kappa shape index (κ3) is 2.63. The summed E-state index contributed by atoms with van der Waals surface area (Å²) in [5, 5.41) is 4.39. The molecule has 0 amide bonds. The molecule has 0 radical (unpaired) electrons. The lowest BCUT2D eigenvalue weighted by atomic mass is 10.1. The molecule has 0 fully saturated rings. The van der Waals surface area contributed by atoms with Gasteiger partial charge in [0.25, 0.3) is 0 Å². The molecule has 2 rings (SSSR count). The standard InChI is InChI=1S/C14H15IN2O/c1-9-10(2)16-17(11(9)3)8-14(18)12-4-6-13(15)7-5-12/h4-7H,8H2,1-3H3. The molecule has 0 N–H and O–H groups in total. The van der Waals surface area contributed by atoms with Crippen molar-refractivity contribution in [1.82, 2.24) is 9.78 Å². The minimum Gasteiger partial charge on any atom is -0.292 e. The quantitative estimate of drug-likeness (QED) is 0.626. The number of hydrogen-bond acceptors (Lipinski definition) is 2. The second-order valence-electron chi connectivity index (χ2n) is 4.38. The van der Waals surface area contributed by atoms with E-state index in [9.17, 15) is 4.79 Å². The molecule has 0 saturated heterocycles. The van der Waals surface area contributed by atoms with Crippen LogP contribution in [0.4, 0.5) is 0 Å². The lowest BCUT2D eigenvalue weighted by Crippen LogP contribution is -2.13. The average molecular weight is 354 g/mol. The molecule has 18 heavy (non-hydrogen) atoms. The van der Waals surface area contributed by atoms with Crippen LogP contribution in [0.1, 0.15) is 27.3 Å². The van der Waals surface area contributed by atoms with E-state index < -0.39 is 0 Å². The summed E-state index contributed by atoms with van der Waals surface area (Å²) in [4.78, 5) is 12.1. The first-order chi connectivity index (χ1) is 8.49. The topological polar surface area (TPSA) is 34.9 Å². The Morgan fingerprint density at radius 2 is 1.83 bits per heavy atom. The van der Waals surface area contributed by atoms with Gasteiger partial charge in [0.2, 0.25) is 0 Å². The summed E-state index contributed by atoms with van der Waals surface area (Å²) in [5.74, 6) is 0.0944. The highest BCUT2D eigenvalue weighted by molar-refractivity contribution is 14.1. The maximum atomic E-state index is 12.1. The molecule has 94 valence electrons. The van der Waals surface area contributed by atoms with Gasteiger partial charge in [0, 0.05) is 14.8 Å².